The van der Waals surface area contributed by atoms with Crippen LogP contribution in [0.1, 0.15) is 42.4 Å². The van der Waals surface area contributed by atoms with Crippen molar-refractivity contribution in [2.24, 2.45) is 4.99 Å². The number of nitrogens with zero attached hydrogens (tertiary/aromatic N) is 3. The molecule has 2 aromatic carbocycles. The number of aromatic nitrogens is 2. The summed E-state index contributed by atoms with van der Waals surface area (Å²) in [6, 6.07) is 10.9. The minimum Gasteiger partial charge on any atom is -0.493 e. The van der Waals surface area contributed by atoms with Crippen LogP contribution in [-0.2, 0) is 9.53 Å². The average molecular weight is 655 g/mol. The van der Waals surface area contributed by atoms with Gasteiger partial charge in [-0.15, -0.1) is 0 Å². The predicted molar refractivity (Wildman–Crippen MR) is 163 cm³/mol. The van der Waals surface area contributed by atoms with Crippen molar-refractivity contribution >= 4 is 39.3 Å². The lowest BCUT2D eigenvalue weighted by Crippen LogP contribution is -2.40. The molecule has 0 spiro atoms. The number of esters is 1. The van der Waals surface area contributed by atoms with Gasteiger partial charge in [-0.1, -0.05) is 27.3 Å². The van der Waals surface area contributed by atoms with Crippen molar-refractivity contribution in [3.05, 3.63) is 106 Å². The van der Waals surface area contributed by atoms with Gasteiger partial charge in [-0.25, -0.2) is 14.2 Å². The molecule has 0 amide bonds. The molecule has 1 aliphatic rings. The molecule has 0 N–H and O–H groups in total. The molecular weight excluding hydrogens is 625 g/mol. The third-order valence-electron chi connectivity index (χ3n) is 7.16. The topological polar surface area (TPSA) is 84.1 Å². The number of allylic oxidation sites excluding steroid dienone is 1. The second-order valence-electron chi connectivity index (χ2n) is 9.67. The van der Waals surface area contributed by atoms with Crippen LogP contribution in [0.4, 0.5) is 4.39 Å². The van der Waals surface area contributed by atoms with Gasteiger partial charge < -0.3 is 18.8 Å². The number of benzene rings is 2. The molecule has 5 rings (SSSR count). The normalized spacial score (nSPS) is 15.0. The van der Waals surface area contributed by atoms with Gasteiger partial charge in [0.1, 0.15) is 5.82 Å². The number of carbonyl (C=O) groups excluding carboxylic acids is 1. The maximum atomic E-state index is 14.1. The monoisotopic (exact) mass is 653 g/mol. The first-order valence-corrected chi connectivity index (χ1v) is 14.8. The Labute approximate surface area is 254 Å². The first kappa shape index (κ1) is 29.5. The maximum Gasteiger partial charge on any atom is 0.338 e. The van der Waals surface area contributed by atoms with Crippen LogP contribution < -0.4 is 24.4 Å². The molecule has 4 aromatic rings. The average Bonchev–Trinajstić information content (AvgIpc) is 3.42. The molecule has 0 saturated heterocycles. The zero-order chi connectivity index (χ0) is 30.3. The van der Waals surface area contributed by atoms with Gasteiger partial charge in [-0.3, -0.25) is 9.36 Å². The molecule has 3 heterocycles. The Morgan fingerprint density at radius 1 is 1.10 bits per heavy atom. The highest BCUT2D eigenvalue weighted by atomic mass is 79.9. The summed E-state index contributed by atoms with van der Waals surface area (Å²) in [6.45, 7) is 7.54. The molecule has 1 aliphatic heterocycles. The van der Waals surface area contributed by atoms with Gasteiger partial charge in [0, 0.05) is 21.5 Å². The van der Waals surface area contributed by atoms with E-state index in [4.69, 9.17) is 14.2 Å². The standard InChI is InChI=1S/C31H29BrFN3O5S/c1-7-41-30(38)27-17(3)34-31-36(28(27)22-14-24(39-5)25(40-6)15-23(22)32)29(37)26(42-31)13-19-12-16(2)35(18(19)4)21-10-8-20(33)9-11-21/h8-15,28H,7H2,1-6H3/b26-13-/t28-/m0/s1. The highest BCUT2D eigenvalue weighted by Gasteiger charge is 2.35. The van der Waals surface area contributed by atoms with Gasteiger partial charge in [0.25, 0.3) is 5.56 Å². The summed E-state index contributed by atoms with van der Waals surface area (Å²) in [5.41, 5.74) is 4.53. The Morgan fingerprint density at radius 3 is 2.40 bits per heavy atom. The van der Waals surface area contributed by atoms with Crippen LogP contribution in [0.5, 0.6) is 11.5 Å². The number of fused-ring (bicyclic) bond motifs is 1. The van der Waals surface area contributed by atoms with E-state index in [1.165, 1.54) is 42.3 Å². The van der Waals surface area contributed by atoms with Crippen LogP contribution in [0.3, 0.4) is 0 Å². The number of aryl methyl sites for hydroxylation is 1. The van der Waals surface area contributed by atoms with Crippen LogP contribution in [0.15, 0.2) is 68.0 Å². The minimum atomic E-state index is -0.830. The summed E-state index contributed by atoms with van der Waals surface area (Å²) >= 11 is 4.86. The zero-order valence-corrected chi connectivity index (χ0v) is 26.4. The van der Waals surface area contributed by atoms with Crippen molar-refractivity contribution in [1.82, 2.24) is 9.13 Å². The smallest absolute Gasteiger partial charge is 0.338 e. The number of carbonyl (C=O) groups is 1. The van der Waals surface area contributed by atoms with Crippen molar-refractivity contribution in [3.63, 3.8) is 0 Å². The molecule has 11 heteroatoms. The first-order chi connectivity index (χ1) is 20.1. The van der Waals surface area contributed by atoms with Crippen molar-refractivity contribution in [2.45, 2.75) is 33.7 Å². The number of ether oxygens (including phenoxy) is 3. The number of hydrogen-bond donors (Lipinski definition) is 0. The number of methoxy groups -OCH3 is 2. The molecule has 42 heavy (non-hydrogen) atoms. The van der Waals surface area contributed by atoms with E-state index in [1.54, 1.807) is 38.1 Å². The third kappa shape index (κ3) is 5.11. The Balaban J connectivity index is 1.73. The molecule has 0 unspecified atom stereocenters. The van der Waals surface area contributed by atoms with E-state index >= 15 is 0 Å². The summed E-state index contributed by atoms with van der Waals surface area (Å²) in [6.07, 6.45) is 1.83. The molecule has 0 fully saturated rings. The summed E-state index contributed by atoms with van der Waals surface area (Å²) < 4.78 is 34.6. The SMILES string of the molecule is CCOC(=O)C1=C(C)N=c2s/c(=C\c3cc(C)n(-c4ccc(F)cc4)c3C)c(=O)n2[C@H]1c1cc(OC)c(OC)cc1Br. The van der Waals surface area contributed by atoms with Gasteiger partial charge in [0.2, 0.25) is 0 Å². The number of rotatable bonds is 7. The number of thiazole rings is 1. The lowest BCUT2D eigenvalue weighted by Gasteiger charge is -2.26. The van der Waals surface area contributed by atoms with Crippen LogP contribution in [-0.4, -0.2) is 35.9 Å². The van der Waals surface area contributed by atoms with E-state index in [0.29, 0.717) is 36.6 Å². The quantitative estimate of drug-likeness (QED) is 0.259. The number of hydrogen-bond acceptors (Lipinski definition) is 7. The van der Waals surface area contributed by atoms with Crippen molar-refractivity contribution in [2.75, 3.05) is 20.8 Å². The van der Waals surface area contributed by atoms with Crippen LogP contribution in [0, 0.1) is 19.7 Å². The van der Waals surface area contributed by atoms with Gasteiger partial charge in [0.05, 0.1) is 42.7 Å². The maximum absolute atomic E-state index is 14.1. The highest BCUT2D eigenvalue weighted by Crippen LogP contribution is 2.40. The first-order valence-electron chi connectivity index (χ1n) is 13.2. The lowest BCUT2D eigenvalue weighted by molar-refractivity contribution is -0.139. The Bertz CT molecular complexity index is 1920. The Kier molecular flexibility index (Phi) is 8.25. The zero-order valence-electron chi connectivity index (χ0n) is 24.0. The van der Waals surface area contributed by atoms with Gasteiger partial charge >= 0.3 is 5.97 Å². The molecule has 0 aliphatic carbocycles. The molecule has 0 radical (unpaired) electrons. The van der Waals surface area contributed by atoms with Crippen molar-refractivity contribution < 1.29 is 23.4 Å². The van der Waals surface area contributed by atoms with Gasteiger partial charge in [-0.2, -0.15) is 0 Å². The number of halogens is 2. The van der Waals surface area contributed by atoms with Crippen LogP contribution >= 0.6 is 27.3 Å². The van der Waals surface area contributed by atoms with Crippen molar-refractivity contribution in [3.8, 4) is 17.2 Å². The fourth-order valence-electron chi connectivity index (χ4n) is 5.23. The van der Waals surface area contributed by atoms with E-state index in [-0.39, 0.29) is 23.6 Å². The van der Waals surface area contributed by atoms with E-state index in [2.05, 4.69) is 20.9 Å². The molecular formula is C31H29BrFN3O5S. The lowest BCUT2D eigenvalue weighted by atomic mass is 9.95. The second kappa shape index (κ2) is 11.7. The van der Waals surface area contributed by atoms with Gasteiger partial charge in [0.15, 0.2) is 16.3 Å². The second-order valence-corrected chi connectivity index (χ2v) is 11.5. The molecule has 218 valence electrons. The van der Waals surface area contributed by atoms with E-state index < -0.39 is 12.0 Å². The van der Waals surface area contributed by atoms with E-state index in [1.807, 2.05) is 30.6 Å². The fourth-order valence-corrected chi connectivity index (χ4v) is 6.80. The molecule has 0 bridgehead atoms. The molecule has 1 atom stereocenters. The summed E-state index contributed by atoms with van der Waals surface area (Å²) in [7, 11) is 3.06. The van der Waals surface area contributed by atoms with E-state index in [0.717, 1.165) is 22.6 Å². The minimum absolute atomic E-state index is 0.170. The fraction of sp³-hybridized carbons (Fsp3) is 0.258. The van der Waals surface area contributed by atoms with Crippen molar-refractivity contribution in [1.29, 1.82) is 0 Å². The molecule has 8 nitrogen and oxygen atoms in total. The summed E-state index contributed by atoms with van der Waals surface area (Å²) in [5.74, 6) is 0.0811. The van der Waals surface area contributed by atoms with Crippen LogP contribution in [0.25, 0.3) is 11.8 Å². The highest BCUT2D eigenvalue weighted by molar-refractivity contribution is 9.10. The largest absolute Gasteiger partial charge is 0.493 e. The Morgan fingerprint density at radius 2 is 1.76 bits per heavy atom. The molecule has 2 aromatic heterocycles. The summed E-state index contributed by atoms with van der Waals surface area (Å²) in [5, 5.41) is 0. The summed E-state index contributed by atoms with van der Waals surface area (Å²) in [4.78, 5) is 32.5. The van der Waals surface area contributed by atoms with Crippen LogP contribution in [0.2, 0.25) is 0 Å². The van der Waals surface area contributed by atoms with Gasteiger partial charge in [-0.05, 0) is 87.4 Å². The Hall–Kier alpha value is -3.96. The van der Waals surface area contributed by atoms with E-state index in [9.17, 15) is 14.0 Å². The molecule has 0 saturated carbocycles. The predicted octanol–water partition coefficient (Wildman–Crippen LogP) is 5.12. The third-order valence-corrected chi connectivity index (χ3v) is 8.83.